The van der Waals surface area contributed by atoms with Gasteiger partial charge < -0.3 is 16.4 Å². The molecule has 0 aromatic carbocycles. The first-order valence-corrected chi connectivity index (χ1v) is 10.0. The van der Waals surface area contributed by atoms with Gasteiger partial charge in [0.25, 0.3) is 0 Å². The third kappa shape index (κ3) is 6.60. The van der Waals surface area contributed by atoms with Crippen molar-refractivity contribution in [3.63, 3.8) is 0 Å². The molecule has 0 heterocycles. The zero-order valence-corrected chi connectivity index (χ0v) is 16.6. The zero-order chi connectivity index (χ0) is 18.0. The summed E-state index contributed by atoms with van der Waals surface area (Å²) < 4.78 is 54.4. The van der Waals surface area contributed by atoms with E-state index in [0.717, 1.165) is 38.5 Å². The zero-order valence-electron chi connectivity index (χ0n) is 16.6. The molecule has 0 saturated heterocycles. The lowest BCUT2D eigenvalue weighted by atomic mass is 9.68. The molecule has 5 unspecified atom stereocenters. The Morgan fingerprint density at radius 2 is 1.14 bits per heavy atom. The maximum Gasteiger partial charge on any atom is 0.162 e. The highest BCUT2D eigenvalue weighted by Crippen LogP contribution is 2.42. The van der Waals surface area contributed by atoms with Gasteiger partial charge in [-0.25, -0.2) is 17.6 Å². The lowest BCUT2D eigenvalue weighted by Crippen LogP contribution is -2.36. The Hall–Kier alpha value is -0.840. The molecule has 3 nitrogen and oxygen atoms in total. The molecule has 0 aromatic heterocycles. The minimum atomic E-state index is -1.99. The van der Waals surface area contributed by atoms with E-state index in [1.807, 2.05) is 0 Å². The van der Waals surface area contributed by atoms with Crippen LogP contribution in [0.3, 0.4) is 0 Å². The summed E-state index contributed by atoms with van der Waals surface area (Å²) in [5.41, 5.74) is 0. The van der Waals surface area contributed by atoms with Gasteiger partial charge in [0.05, 0.1) is 0 Å². The Balaban J connectivity index is 0.00000243. The number of hydrogen-bond donors (Lipinski definition) is 0. The normalized spacial score (nSPS) is 43.2. The first-order valence-electron chi connectivity index (χ1n) is 10.0. The van der Waals surface area contributed by atoms with Crippen molar-refractivity contribution in [3.05, 3.63) is 0 Å². The van der Waals surface area contributed by atoms with Crippen molar-refractivity contribution in [2.75, 3.05) is 0 Å². The van der Waals surface area contributed by atoms with Crippen LogP contribution in [-0.2, 0) is 0 Å². The molecule has 0 bridgehead atoms. The van der Waals surface area contributed by atoms with E-state index >= 15 is 0 Å². The third-order valence-electron chi connectivity index (χ3n) is 6.66. The molecule has 7 heteroatoms. The van der Waals surface area contributed by atoms with Crippen molar-refractivity contribution in [1.82, 2.24) is 0 Å². The molecular formula is C21H36F4O3. The molecule has 0 radical (unpaired) electrons. The highest BCUT2D eigenvalue weighted by Gasteiger charge is 2.38. The molecule has 28 heavy (non-hydrogen) atoms. The van der Waals surface area contributed by atoms with Gasteiger partial charge in [0.15, 0.2) is 6.17 Å². The predicted octanol–water partition coefficient (Wildman–Crippen LogP) is 3.52. The highest BCUT2D eigenvalue weighted by molar-refractivity contribution is 5.11. The van der Waals surface area contributed by atoms with Gasteiger partial charge in [0, 0.05) is 11.8 Å². The molecule has 0 aromatic rings. The molecule has 3 saturated carbocycles. The smallest absolute Gasteiger partial charge is 0.162 e. The van der Waals surface area contributed by atoms with E-state index in [-0.39, 0.29) is 47.0 Å². The van der Waals surface area contributed by atoms with Crippen LogP contribution in [0.2, 0.25) is 0 Å². The summed E-state index contributed by atoms with van der Waals surface area (Å²) in [7, 11) is 0. The summed E-state index contributed by atoms with van der Waals surface area (Å²) >= 11 is 0. The molecule has 0 amide bonds. The number of halogens is 4. The molecular weight excluding hydrogens is 376 g/mol. The SMILES string of the molecule is CC1CCC(C2CCC(C#CC3CC(F)C(F)C(F)C3)CC2)C(F)C1.O.O.O. The quantitative estimate of drug-likeness (QED) is 0.465. The Morgan fingerprint density at radius 1 is 0.607 bits per heavy atom. The fourth-order valence-corrected chi connectivity index (χ4v) is 5.04. The van der Waals surface area contributed by atoms with Crippen molar-refractivity contribution in [3.8, 4) is 11.8 Å². The van der Waals surface area contributed by atoms with E-state index in [1.165, 1.54) is 0 Å². The van der Waals surface area contributed by atoms with Crippen LogP contribution in [0.15, 0.2) is 0 Å². The van der Waals surface area contributed by atoms with E-state index < -0.39 is 24.7 Å². The average molecular weight is 413 g/mol. The molecule has 6 N–H and O–H groups in total. The van der Waals surface area contributed by atoms with Gasteiger partial charge in [-0.3, -0.25) is 0 Å². The fraction of sp³-hybridized carbons (Fsp3) is 0.905. The second kappa shape index (κ2) is 12.0. The molecule has 3 fully saturated rings. The van der Waals surface area contributed by atoms with Gasteiger partial charge in [-0.2, -0.15) is 0 Å². The van der Waals surface area contributed by atoms with Crippen LogP contribution in [0.5, 0.6) is 0 Å². The Bertz CT molecular complexity index is 490. The average Bonchev–Trinajstić information content (AvgIpc) is 2.58. The highest BCUT2D eigenvalue weighted by atomic mass is 19.2. The van der Waals surface area contributed by atoms with Gasteiger partial charge >= 0.3 is 0 Å². The van der Waals surface area contributed by atoms with E-state index in [0.29, 0.717) is 18.3 Å². The van der Waals surface area contributed by atoms with Crippen LogP contribution >= 0.6 is 0 Å². The van der Waals surface area contributed by atoms with Crippen LogP contribution in [0.1, 0.15) is 64.7 Å². The van der Waals surface area contributed by atoms with Gasteiger partial charge in [0.1, 0.15) is 18.5 Å². The second-order valence-corrected chi connectivity index (χ2v) is 8.64. The summed E-state index contributed by atoms with van der Waals surface area (Å²) in [5.74, 6) is 7.26. The standard InChI is InChI=1S/C21H30F4.3H2O/c1-13-2-9-17(18(22)10-13)16-7-5-14(6-8-16)3-4-15-11-19(23)21(25)20(24)12-15;;;/h13-21H,2,5-12H2,1H3;3*1H2. The van der Waals surface area contributed by atoms with E-state index in [4.69, 9.17) is 0 Å². The summed E-state index contributed by atoms with van der Waals surface area (Å²) in [5, 5.41) is 0. The van der Waals surface area contributed by atoms with Crippen molar-refractivity contribution in [1.29, 1.82) is 0 Å². The summed E-state index contributed by atoms with van der Waals surface area (Å²) in [6.07, 6.45) is 0.681. The van der Waals surface area contributed by atoms with Crippen molar-refractivity contribution in [2.24, 2.45) is 29.6 Å². The monoisotopic (exact) mass is 412 g/mol. The van der Waals surface area contributed by atoms with E-state index in [1.54, 1.807) is 0 Å². The Morgan fingerprint density at radius 3 is 1.68 bits per heavy atom. The minimum absolute atomic E-state index is 0. The molecule has 0 aliphatic heterocycles. The predicted molar refractivity (Wildman–Crippen MR) is 103 cm³/mol. The molecule has 3 aliphatic carbocycles. The Labute approximate surface area is 165 Å². The number of hydrogen-bond acceptors (Lipinski definition) is 0. The fourth-order valence-electron chi connectivity index (χ4n) is 5.04. The van der Waals surface area contributed by atoms with Crippen molar-refractivity contribution < 1.29 is 34.0 Å². The van der Waals surface area contributed by atoms with Crippen molar-refractivity contribution >= 4 is 0 Å². The maximum absolute atomic E-state index is 14.3. The van der Waals surface area contributed by atoms with Gasteiger partial charge in [-0.05, 0) is 69.1 Å². The van der Waals surface area contributed by atoms with Crippen LogP contribution in [0.25, 0.3) is 0 Å². The van der Waals surface area contributed by atoms with Crippen LogP contribution in [-0.4, -0.2) is 41.1 Å². The van der Waals surface area contributed by atoms with Crippen LogP contribution in [0.4, 0.5) is 17.6 Å². The molecule has 3 aliphatic rings. The lowest BCUT2D eigenvalue weighted by molar-refractivity contribution is 0.0297. The molecule has 3 rings (SSSR count). The first kappa shape index (κ1) is 27.2. The van der Waals surface area contributed by atoms with E-state index in [2.05, 4.69) is 18.8 Å². The molecule has 5 atom stereocenters. The summed E-state index contributed by atoms with van der Waals surface area (Å²) in [6, 6.07) is 0. The first-order chi connectivity index (χ1) is 11.9. The van der Waals surface area contributed by atoms with Gasteiger partial charge in [-0.1, -0.05) is 25.2 Å². The van der Waals surface area contributed by atoms with E-state index in [9.17, 15) is 17.6 Å². The Kier molecular flexibility index (Phi) is 11.6. The van der Waals surface area contributed by atoms with Crippen LogP contribution < -0.4 is 0 Å². The molecule has 0 spiro atoms. The topological polar surface area (TPSA) is 94.5 Å². The van der Waals surface area contributed by atoms with Gasteiger partial charge in [0.2, 0.25) is 0 Å². The maximum atomic E-state index is 14.3. The lowest BCUT2D eigenvalue weighted by Gasteiger charge is -2.38. The number of rotatable bonds is 1. The third-order valence-corrected chi connectivity index (χ3v) is 6.66. The summed E-state index contributed by atoms with van der Waals surface area (Å²) in [4.78, 5) is 0. The number of alkyl halides is 4. The summed E-state index contributed by atoms with van der Waals surface area (Å²) in [6.45, 7) is 2.13. The van der Waals surface area contributed by atoms with Gasteiger partial charge in [-0.15, -0.1) is 0 Å². The van der Waals surface area contributed by atoms with Crippen LogP contribution in [0, 0.1) is 41.4 Å². The molecule has 166 valence electrons. The van der Waals surface area contributed by atoms with Crippen molar-refractivity contribution in [2.45, 2.75) is 89.4 Å². The second-order valence-electron chi connectivity index (χ2n) is 8.64. The minimum Gasteiger partial charge on any atom is -0.412 e. The largest absolute Gasteiger partial charge is 0.412 e.